The Bertz CT molecular complexity index is 794. The Balaban J connectivity index is 2.20. The number of methoxy groups -OCH3 is 2. The molecule has 1 atom stereocenters. The molecule has 0 amide bonds. The van der Waals surface area contributed by atoms with Crippen LogP contribution in [0.2, 0.25) is 0 Å². The summed E-state index contributed by atoms with van der Waals surface area (Å²) in [5.41, 5.74) is 3.30. The summed E-state index contributed by atoms with van der Waals surface area (Å²) >= 11 is 0. The Morgan fingerprint density at radius 1 is 1.09 bits per heavy atom. The van der Waals surface area contributed by atoms with Gasteiger partial charge in [0.1, 0.15) is 11.3 Å². The molecule has 5 heteroatoms. The second kappa shape index (κ2) is 5.50. The fourth-order valence-electron chi connectivity index (χ4n) is 3.02. The zero-order valence-electron chi connectivity index (χ0n) is 13.5. The van der Waals surface area contributed by atoms with Gasteiger partial charge in [-0.3, -0.25) is 0 Å². The van der Waals surface area contributed by atoms with Gasteiger partial charge in [0.15, 0.2) is 17.6 Å². The van der Waals surface area contributed by atoms with Crippen molar-refractivity contribution in [3.8, 4) is 17.2 Å². The number of ether oxygens (including phenoxy) is 3. The Labute approximate surface area is 134 Å². The van der Waals surface area contributed by atoms with E-state index >= 15 is 0 Å². The second-order valence-electron chi connectivity index (χ2n) is 5.57. The number of hydrogen-bond acceptors (Lipinski definition) is 5. The van der Waals surface area contributed by atoms with Crippen molar-refractivity contribution in [2.24, 2.45) is 0 Å². The van der Waals surface area contributed by atoms with Gasteiger partial charge in [0.25, 0.3) is 0 Å². The Hall–Kier alpha value is -2.69. The highest BCUT2D eigenvalue weighted by Crippen LogP contribution is 2.46. The molecule has 0 aromatic heterocycles. The molecule has 0 radical (unpaired) electrons. The van der Waals surface area contributed by atoms with E-state index in [0.717, 1.165) is 11.1 Å². The first-order valence-corrected chi connectivity index (χ1v) is 7.24. The van der Waals surface area contributed by atoms with Gasteiger partial charge in [-0.15, -0.1) is 0 Å². The van der Waals surface area contributed by atoms with Crippen LogP contribution in [0.1, 0.15) is 38.7 Å². The van der Waals surface area contributed by atoms with Gasteiger partial charge in [-0.1, -0.05) is 17.7 Å². The van der Waals surface area contributed by atoms with E-state index in [9.17, 15) is 9.90 Å². The number of phenolic OH excluding ortho intramolecular Hbond substituents is 1. The van der Waals surface area contributed by atoms with E-state index in [0.29, 0.717) is 28.2 Å². The van der Waals surface area contributed by atoms with E-state index in [-0.39, 0.29) is 5.75 Å². The fraction of sp³-hybridized carbons (Fsp3) is 0.278. The third kappa shape index (κ3) is 2.29. The van der Waals surface area contributed by atoms with Crippen molar-refractivity contribution in [2.45, 2.75) is 20.0 Å². The van der Waals surface area contributed by atoms with Crippen molar-refractivity contribution in [1.29, 1.82) is 0 Å². The predicted molar refractivity (Wildman–Crippen MR) is 84.4 cm³/mol. The SMILES string of the molecule is COc1ccc2c(c1OC)C(=O)OC2c1cc(C)cc(C)c1O. The van der Waals surface area contributed by atoms with Crippen molar-refractivity contribution in [1.82, 2.24) is 0 Å². The third-order valence-corrected chi connectivity index (χ3v) is 4.05. The van der Waals surface area contributed by atoms with Crippen molar-refractivity contribution in [3.63, 3.8) is 0 Å². The summed E-state index contributed by atoms with van der Waals surface area (Å²) in [6.45, 7) is 3.75. The molecule has 0 aliphatic carbocycles. The Kier molecular flexibility index (Phi) is 3.64. The van der Waals surface area contributed by atoms with Gasteiger partial charge in [0.05, 0.1) is 14.2 Å². The zero-order chi connectivity index (χ0) is 16.7. The summed E-state index contributed by atoms with van der Waals surface area (Å²) in [6, 6.07) is 7.20. The molecule has 1 aliphatic rings. The first kappa shape index (κ1) is 15.2. The fourth-order valence-corrected chi connectivity index (χ4v) is 3.02. The van der Waals surface area contributed by atoms with Gasteiger partial charge >= 0.3 is 5.97 Å². The number of fused-ring (bicyclic) bond motifs is 1. The number of carbonyl (C=O) groups excluding carboxylic acids is 1. The summed E-state index contributed by atoms with van der Waals surface area (Å²) in [5.74, 6) is 0.463. The largest absolute Gasteiger partial charge is 0.507 e. The molecule has 5 nitrogen and oxygen atoms in total. The standard InChI is InChI=1S/C18H18O5/c1-9-7-10(2)15(19)12(8-9)16-11-5-6-13(21-3)17(22-4)14(11)18(20)23-16/h5-8,16,19H,1-4H3. The smallest absolute Gasteiger partial charge is 0.343 e. The van der Waals surface area contributed by atoms with Crippen molar-refractivity contribution >= 4 is 5.97 Å². The third-order valence-electron chi connectivity index (χ3n) is 4.05. The summed E-state index contributed by atoms with van der Waals surface area (Å²) in [7, 11) is 2.99. The van der Waals surface area contributed by atoms with E-state index in [1.165, 1.54) is 14.2 Å². The van der Waals surface area contributed by atoms with Crippen LogP contribution >= 0.6 is 0 Å². The molecule has 0 spiro atoms. The monoisotopic (exact) mass is 314 g/mol. The average Bonchev–Trinajstić information content (AvgIpc) is 2.87. The number of phenols is 1. The minimum atomic E-state index is -0.657. The average molecular weight is 314 g/mol. The minimum absolute atomic E-state index is 0.135. The number of cyclic esters (lactones) is 1. The summed E-state index contributed by atoms with van der Waals surface area (Å²) in [5, 5.41) is 10.4. The number of hydrogen-bond donors (Lipinski definition) is 1. The lowest BCUT2D eigenvalue weighted by Gasteiger charge is -2.16. The van der Waals surface area contributed by atoms with E-state index in [2.05, 4.69) is 0 Å². The molecule has 2 aromatic carbocycles. The maximum atomic E-state index is 12.3. The van der Waals surface area contributed by atoms with Crippen LogP contribution in [0.5, 0.6) is 17.2 Å². The summed E-state index contributed by atoms with van der Waals surface area (Å²) < 4.78 is 16.1. The number of aryl methyl sites for hydroxylation is 2. The van der Waals surface area contributed by atoms with E-state index < -0.39 is 12.1 Å². The topological polar surface area (TPSA) is 65.0 Å². The molecule has 3 rings (SSSR count). The van der Waals surface area contributed by atoms with Gasteiger partial charge in [-0.25, -0.2) is 4.79 Å². The molecule has 23 heavy (non-hydrogen) atoms. The van der Waals surface area contributed by atoms with Crippen LogP contribution in [-0.4, -0.2) is 25.3 Å². The number of benzene rings is 2. The number of esters is 1. The first-order chi connectivity index (χ1) is 11.0. The van der Waals surface area contributed by atoms with Crippen molar-refractivity contribution < 1.29 is 24.1 Å². The van der Waals surface area contributed by atoms with Gasteiger partial charge in [0.2, 0.25) is 0 Å². The highest BCUT2D eigenvalue weighted by atomic mass is 16.6. The number of carbonyl (C=O) groups is 1. The molecular weight excluding hydrogens is 296 g/mol. The van der Waals surface area contributed by atoms with Crippen LogP contribution in [0.25, 0.3) is 0 Å². The lowest BCUT2D eigenvalue weighted by molar-refractivity contribution is 0.0450. The minimum Gasteiger partial charge on any atom is -0.507 e. The van der Waals surface area contributed by atoms with Crippen LogP contribution < -0.4 is 9.47 Å². The normalized spacial score (nSPS) is 16.0. The van der Waals surface area contributed by atoms with Crippen LogP contribution in [0, 0.1) is 13.8 Å². The van der Waals surface area contributed by atoms with Crippen LogP contribution in [0.4, 0.5) is 0 Å². The van der Waals surface area contributed by atoms with Crippen LogP contribution in [0.15, 0.2) is 24.3 Å². The van der Waals surface area contributed by atoms with Crippen LogP contribution in [-0.2, 0) is 4.74 Å². The molecule has 1 aliphatic heterocycles. The summed E-state index contributed by atoms with van der Waals surface area (Å²) in [4.78, 5) is 12.3. The molecule has 1 heterocycles. The van der Waals surface area contributed by atoms with Crippen LogP contribution in [0.3, 0.4) is 0 Å². The Morgan fingerprint density at radius 2 is 1.83 bits per heavy atom. The quantitative estimate of drug-likeness (QED) is 0.881. The molecule has 0 saturated carbocycles. The number of aromatic hydroxyl groups is 1. The van der Waals surface area contributed by atoms with Gasteiger partial charge < -0.3 is 19.3 Å². The molecule has 0 fully saturated rings. The number of rotatable bonds is 3. The summed E-state index contributed by atoms with van der Waals surface area (Å²) in [6.07, 6.45) is -0.657. The molecule has 0 bridgehead atoms. The second-order valence-corrected chi connectivity index (χ2v) is 5.57. The molecule has 1 N–H and O–H groups in total. The molecule has 0 saturated heterocycles. The Morgan fingerprint density at radius 3 is 2.48 bits per heavy atom. The predicted octanol–water partition coefficient (Wildman–Crippen LogP) is 3.29. The molecule has 120 valence electrons. The van der Waals surface area contributed by atoms with E-state index in [4.69, 9.17) is 14.2 Å². The highest BCUT2D eigenvalue weighted by molar-refractivity contribution is 5.98. The van der Waals surface area contributed by atoms with Gasteiger partial charge in [0, 0.05) is 11.1 Å². The maximum Gasteiger partial charge on any atom is 0.343 e. The highest BCUT2D eigenvalue weighted by Gasteiger charge is 2.38. The lowest BCUT2D eigenvalue weighted by Crippen LogP contribution is -2.02. The van der Waals surface area contributed by atoms with E-state index in [1.54, 1.807) is 12.1 Å². The van der Waals surface area contributed by atoms with Gasteiger partial charge in [-0.2, -0.15) is 0 Å². The van der Waals surface area contributed by atoms with Crippen molar-refractivity contribution in [2.75, 3.05) is 14.2 Å². The molecular formula is C18H18O5. The zero-order valence-corrected chi connectivity index (χ0v) is 13.5. The molecule has 1 unspecified atom stereocenters. The lowest BCUT2D eigenvalue weighted by atomic mass is 9.95. The van der Waals surface area contributed by atoms with E-state index in [1.807, 2.05) is 26.0 Å². The van der Waals surface area contributed by atoms with Crippen molar-refractivity contribution in [3.05, 3.63) is 52.1 Å². The molecule has 2 aromatic rings. The van der Waals surface area contributed by atoms with Gasteiger partial charge in [-0.05, 0) is 31.5 Å². The maximum absolute atomic E-state index is 12.3. The first-order valence-electron chi connectivity index (χ1n) is 7.24.